The predicted octanol–water partition coefficient (Wildman–Crippen LogP) is 3.32. The van der Waals surface area contributed by atoms with Crippen molar-refractivity contribution in [3.05, 3.63) is 71.8 Å². The van der Waals surface area contributed by atoms with E-state index >= 15 is 0 Å². The van der Waals surface area contributed by atoms with Crippen LogP contribution in [-0.2, 0) is 17.9 Å². The van der Waals surface area contributed by atoms with E-state index in [0.717, 1.165) is 36.7 Å². The number of nitrogens with zero attached hydrogens (tertiary/aromatic N) is 6. The molecule has 0 spiro atoms. The van der Waals surface area contributed by atoms with Crippen molar-refractivity contribution in [2.24, 2.45) is 0 Å². The molecule has 1 aliphatic heterocycles. The fourth-order valence-corrected chi connectivity index (χ4v) is 4.82. The van der Waals surface area contributed by atoms with E-state index in [9.17, 15) is 4.79 Å². The zero-order valence-electron chi connectivity index (χ0n) is 19.0. The average molecular weight is 479 g/mol. The third kappa shape index (κ3) is 5.23. The molecule has 1 saturated heterocycles. The first-order chi connectivity index (χ1) is 16.7. The highest BCUT2D eigenvalue weighted by Crippen LogP contribution is 2.26. The fraction of sp³-hybridized carbons (Fsp3) is 0.333. The van der Waals surface area contributed by atoms with E-state index in [-0.39, 0.29) is 5.91 Å². The summed E-state index contributed by atoms with van der Waals surface area (Å²) in [6, 6.07) is 15.8. The highest BCUT2D eigenvalue weighted by Gasteiger charge is 2.23. The maximum Gasteiger partial charge on any atom is 0.233 e. The molecule has 4 aromatic rings. The summed E-state index contributed by atoms with van der Waals surface area (Å²) >= 11 is 1.41. The zero-order valence-corrected chi connectivity index (χ0v) is 19.8. The van der Waals surface area contributed by atoms with Crippen LogP contribution in [0, 0.1) is 6.92 Å². The Labute approximate surface area is 201 Å². The smallest absolute Gasteiger partial charge is 0.233 e. The lowest BCUT2D eigenvalue weighted by Crippen LogP contribution is -2.48. The van der Waals surface area contributed by atoms with E-state index in [1.54, 1.807) is 6.26 Å². The minimum absolute atomic E-state index is 0.106. The van der Waals surface area contributed by atoms with Gasteiger partial charge in [-0.1, -0.05) is 47.3 Å². The molecule has 0 aliphatic carbocycles. The number of piperazine rings is 1. The van der Waals surface area contributed by atoms with Crippen LogP contribution in [0.1, 0.15) is 17.0 Å². The summed E-state index contributed by atoms with van der Waals surface area (Å²) in [7, 11) is 0. The summed E-state index contributed by atoms with van der Waals surface area (Å²) in [5.74, 6) is 2.58. The molecule has 0 bridgehead atoms. The van der Waals surface area contributed by atoms with Crippen LogP contribution in [0.5, 0.6) is 0 Å². The molecule has 0 radical (unpaired) electrons. The van der Waals surface area contributed by atoms with Crippen molar-refractivity contribution in [3.8, 4) is 11.6 Å². The number of aryl methyl sites for hydroxylation is 1. The Morgan fingerprint density at radius 1 is 1.03 bits per heavy atom. The third-order valence-electron chi connectivity index (χ3n) is 5.75. The van der Waals surface area contributed by atoms with Gasteiger partial charge in [0.2, 0.25) is 11.7 Å². The van der Waals surface area contributed by atoms with Crippen molar-refractivity contribution in [1.29, 1.82) is 0 Å². The summed E-state index contributed by atoms with van der Waals surface area (Å²) in [6.07, 6.45) is 1.62. The normalized spacial score (nSPS) is 14.6. The van der Waals surface area contributed by atoms with Crippen molar-refractivity contribution in [1.82, 2.24) is 29.7 Å². The molecule has 1 fully saturated rings. The molecule has 0 N–H and O–H groups in total. The molecule has 0 unspecified atom stereocenters. The fourth-order valence-electron chi connectivity index (χ4n) is 3.98. The molecule has 1 aliphatic rings. The first-order valence-corrected chi connectivity index (χ1v) is 12.2. The number of amides is 1. The Morgan fingerprint density at radius 3 is 2.56 bits per heavy atom. The van der Waals surface area contributed by atoms with Crippen molar-refractivity contribution < 1.29 is 13.7 Å². The summed E-state index contributed by atoms with van der Waals surface area (Å²) in [4.78, 5) is 17.1. The van der Waals surface area contributed by atoms with Crippen molar-refractivity contribution in [2.75, 3.05) is 31.9 Å². The first-order valence-electron chi connectivity index (χ1n) is 11.2. The molecular weight excluding hydrogens is 452 g/mol. The monoisotopic (exact) mass is 478 g/mol. The molecule has 0 saturated carbocycles. The van der Waals surface area contributed by atoms with Gasteiger partial charge in [0.05, 0.1) is 30.8 Å². The van der Waals surface area contributed by atoms with Gasteiger partial charge < -0.3 is 13.8 Å². The van der Waals surface area contributed by atoms with E-state index in [4.69, 9.17) is 8.94 Å². The topological polar surface area (TPSA) is 93.4 Å². The quantitative estimate of drug-likeness (QED) is 0.356. The summed E-state index contributed by atoms with van der Waals surface area (Å²) in [6.45, 7) is 6.24. The van der Waals surface area contributed by atoms with E-state index in [1.807, 2.05) is 52.8 Å². The highest BCUT2D eigenvalue weighted by atomic mass is 32.2. The Hall–Kier alpha value is -3.37. The number of rotatable bonds is 8. The van der Waals surface area contributed by atoms with Crippen LogP contribution < -0.4 is 0 Å². The molecule has 9 nitrogen and oxygen atoms in total. The van der Waals surface area contributed by atoms with E-state index < -0.39 is 0 Å². The molecule has 1 amide bonds. The second-order valence-corrected chi connectivity index (χ2v) is 9.18. The number of furan rings is 1. The van der Waals surface area contributed by atoms with Gasteiger partial charge in [-0.2, -0.15) is 0 Å². The van der Waals surface area contributed by atoms with Gasteiger partial charge >= 0.3 is 0 Å². The van der Waals surface area contributed by atoms with Gasteiger partial charge in [0.15, 0.2) is 16.7 Å². The summed E-state index contributed by atoms with van der Waals surface area (Å²) < 4.78 is 12.9. The largest absolute Gasteiger partial charge is 0.461 e. The minimum Gasteiger partial charge on any atom is -0.461 e. The number of hydrogen-bond acceptors (Lipinski definition) is 8. The maximum atomic E-state index is 12.9. The molecule has 34 heavy (non-hydrogen) atoms. The molecule has 3 aromatic heterocycles. The Bertz CT molecular complexity index is 1210. The lowest BCUT2D eigenvalue weighted by Gasteiger charge is -2.34. The van der Waals surface area contributed by atoms with Crippen molar-refractivity contribution in [3.63, 3.8) is 0 Å². The number of carbonyl (C=O) groups excluding carboxylic acids is 1. The number of aromatic nitrogens is 4. The lowest BCUT2D eigenvalue weighted by molar-refractivity contribution is -0.130. The second kappa shape index (κ2) is 10.3. The Kier molecular flexibility index (Phi) is 6.77. The zero-order chi connectivity index (χ0) is 23.3. The highest BCUT2D eigenvalue weighted by molar-refractivity contribution is 7.99. The SMILES string of the molecule is Cc1cc(CN2CCN(C(=O)CSc3nnc(-c4ccco4)n3Cc3ccccc3)CC2)on1. The molecule has 0 atom stereocenters. The van der Waals surface area contributed by atoms with Crippen LogP contribution in [0.3, 0.4) is 0 Å². The molecular formula is C24H26N6O3S. The first kappa shape index (κ1) is 22.4. The van der Waals surface area contributed by atoms with Crippen LogP contribution in [0.4, 0.5) is 0 Å². The van der Waals surface area contributed by atoms with Gasteiger partial charge in [-0.25, -0.2) is 0 Å². The minimum atomic E-state index is 0.106. The Morgan fingerprint density at radius 2 is 1.85 bits per heavy atom. The molecule has 176 valence electrons. The third-order valence-corrected chi connectivity index (χ3v) is 6.70. The summed E-state index contributed by atoms with van der Waals surface area (Å²) in [5.41, 5.74) is 2.01. The number of carbonyl (C=O) groups is 1. The van der Waals surface area contributed by atoms with Crippen LogP contribution in [0.2, 0.25) is 0 Å². The standard InChI is InChI=1S/C24H26N6O3S/c1-18-14-20(33-27-18)16-28-9-11-29(12-10-28)22(31)17-34-24-26-25-23(21-8-5-13-32-21)30(24)15-19-6-3-2-4-7-19/h2-8,13-14H,9-12,15-17H2,1H3. The maximum absolute atomic E-state index is 12.9. The van der Waals surface area contributed by atoms with Gasteiger partial charge in [-0.05, 0) is 24.6 Å². The second-order valence-electron chi connectivity index (χ2n) is 8.24. The van der Waals surface area contributed by atoms with Gasteiger partial charge in [0, 0.05) is 32.2 Å². The van der Waals surface area contributed by atoms with Crippen molar-refractivity contribution >= 4 is 17.7 Å². The average Bonchev–Trinajstić information content (AvgIpc) is 3.61. The van der Waals surface area contributed by atoms with Gasteiger partial charge in [-0.15, -0.1) is 10.2 Å². The van der Waals surface area contributed by atoms with Gasteiger partial charge in [0.1, 0.15) is 0 Å². The lowest BCUT2D eigenvalue weighted by atomic mass is 10.2. The van der Waals surface area contributed by atoms with E-state index in [1.165, 1.54) is 11.8 Å². The Balaban J connectivity index is 1.20. The number of benzene rings is 1. The van der Waals surface area contributed by atoms with Crippen molar-refractivity contribution in [2.45, 2.75) is 25.2 Å². The van der Waals surface area contributed by atoms with Gasteiger partial charge in [0.25, 0.3) is 0 Å². The predicted molar refractivity (Wildman–Crippen MR) is 127 cm³/mol. The number of hydrogen-bond donors (Lipinski definition) is 0. The molecule has 10 heteroatoms. The van der Waals surface area contributed by atoms with Gasteiger partial charge in [-0.3, -0.25) is 14.3 Å². The molecule has 1 aromatic carbocycles. The van der Waals surface area contributed by atoms with Crippen LogP contribution >= 0.6 is 11.8 Å². The summed E-state index contributed by atoms with van der Waals surface area (Å²) in [5, 5.41) is 13.4. The van der Waals surface area contributed by atoms with E-state index in [2.05, 4.69) is 32.4 Å². The van der Waals surface area contributed by atoms with E-state index in [0.29, 0.717) is 42.1 Å². The molecule has 5 rings (SSSR count). The van der Waals surface area contributed by atoms with Crippen LogP contribution in [0.15, 0.2) is 68.9 Å². The number of thioether (sulfide) groups is 1. The molecule has 4 heterocycles. The van der Waals surface area contributed by atoms with Crippen LogP contribution in [-0.4, -0.2) is 67.6 Å². The van der Waals surface area contributed by atoms with Crippen LogP contribution in [0.25, 0.3) is 11.6 Å².